The summed E-state index contributed by atoms with van der Waals surface area (Å²) in [6.45, 7) is 0.935. The molecule has 2 fully saturated rings. The average molecular weight is 563 g/mol. The number of para-hydroxylation sites is 1. The maximum absolute atomic E-state index is 12.4. The second kappa shape index (κ2) is 11.2. The van der Waals surface area contributed by atoms with Gasteiger partial charge < -0.3 is 9.64 Å². The Bertz CT molecular complexity index is 1530. The van der Waals surface area contributed by atoms with Crippen LogP contribution in [0.5, 0.6) is 5.75 Å². The van der Waals surface area contributed by atoms with E-state index in [-0.39, 0.29) is 5.75 Å². The Morgan fingerprint density at radius 2 is 1.75 bits per heavy atom. The van der Waals surface area contributed by atoms with Crippen molar-refractivity contribution in [3.8, 4) is 22.8 Å². The molecule has 1 aliphatic carbocycles. The topological polar surface area (TPSA) is 67.9 Å². The molecule has 204 valence electrons. The summed E-state index contributed by atoms with van der Waals surface area (Å²) in [4.78, 5) is 6.63. The van der Waals surface area contributed by atoms with Gasteiger partial charge in [-0.2, -0.15) is 5.10 Å². The fraction of sp³-hybridized carbons (Fsp3) is 0.241. The molecule has 0 unspecified atom stereocenters. The number of benzene rings is 3. The number of hydrogen-bond donors (Lipinski definition) is 0. The molecule has 1 saturated heterocycles. The second-order valence-electron chi connectivity index (χ2n) is 9.49. The van der Waals surface area contributed by atoms with Crippen LogP contribution in [0, 0.1) is 0 Å². The van der Waals surface area contributed by atoms with Gasteiger partial charge in [-0.25, -0.2) is 9.67 Å². The summed E-state index contributed by atoms with van der Waals surface area (Å²) in [5.41, 5.74) is 4.89. The summed E-state index contributed by atoms with van der Waals surface area (Å²) in [6.07, 6.45) is 2.12. The first-order chi connectivity index (χ1) is 19.4. The number of nitrogens with zero attached hydrogens (tertiary/aromatic N) is 6. The van der Waals surface area contributed by atoms with E-state index in [4.69, 9.17) is 0 Å². The van der Waals surface area contributed by atoms with Gasteiger partial charge in [0.25, 0.3) is 0 Å². The molecular weight excluding hydrogens is 537 g/mol. The molecule has 1 aromatic heterocycles. The molecule has 2 heterocycles. The monoisotopic (exact) mass is 562 g/mol. The van der Waals surface area contributed by atoms with Crippen LogP contribution in [-0.2, 0) is 0 Å². The summed E-state index contributed by atoms with van der Waals surface area (Å²) in [6, 6.07) is 21.7. The van der Waals surface area contributed by atoms with Crippen molar-refractivity contribution in [3.63, 3.8) is 0 Å². The number of ether oxygens (including phenoxy) is 1. The van der Waals surface area contributed by atoms with Crippen LogP contribution in [0.3, 0.4) is 0 Å². The smallest absolute Gasteiger partial charge is 0.406 e. The lowest BCUT2D eigenvalue weighted by Gasteiger charge is -2.30. The number of anilines is 1. The van der Waals surface area contributed by atoms with E-state index in [2.05, 4.69) is 54.2 Å². The molecule has 0 radical (unpaired) electrons. The molecule has 4 aromatic rings. The van der Waals surface area contributed by atoms with E-state index in [9.17, 15) is 13.2 Å². The number of aromatic nitrogens is 3. The minimum atomic E-state index is -4.73. The van der Waals surface area contributed by atoms with E-state index in [0.717, 1.165) is 35.0 Å². The third-order valence-corrected chi connectivity index (χ3v) is 7.63. The van der Waals surface area contributed by atoms with Crippen molar-refractivity contribution < 1.29 is 17.9 Å². The van der Waals surface area contributed by atoms with Crippen LogP contribution in [0.25, 0.3) is 17.1 Å². The predicted molar refractivity (Wildman–Crippen MR) is 151 cm³/mol. The molecule has 40 heavy (non-hydrogen) atoms. The van der Waals surface area contributed by atoms with E-state index in [1.807, 2.05) is 24.3 Å². The molecule has 1 aliphatic heterocycles. The van der Waals surface area contributed by atoms with E-state index in [1.54, 1.807) is 18.0 Å². The normalized spacial score (nSPS) is 17.1. The van der Waals surface area contributed by atoms with Gasteiger partial charge >= 0.3 is 6.36 Å². The highest BCUT2D eigenvalue weighted by Crippen LogP contribution is 2.45. The first kappa shape index (κ1) is 26.1. The van der Waals surface area contributed by atoms with Gasteiger partial charge in [-0.3, -0.25) is 0 Å². The quantitative estimate of drug-likeness (QED) is 0.179. The van der Waals surface area contributed by atoms with Crippen molar-refractivity contribution in [1.82, 2.24) is 14.8 Å². The zero-order chi connectivity index (χ0) is 27.5. The number of amidine groups is 1. The predicted octanol–water partition coefficient (Wildman–Crippen LogP) is 7.04. The molecular formula is C29H25F3N6OS. The summed E-state index contributed by atoms with van der Waals surface area (Å²) in [5.74, 6) is 1.88. The molecule has 3 aromatic carbocycles. The van der Waals surface area contributed by atoms with Crippen LogP contribution in [0.1, 0.15) is 36.3 Å². The van der Waals surface area contributed by atoms with Gasteiger partial charge in [0.05, 0.1) is 11.9 Å². The van der Waals surface area contributed by atoms with Crippen molar-refractivity contribution in [2.75, 3.05) is 17.2 Å². The zero-order valence-electron chi connectivity index (χ0n) is 21.3. The summed E-state index contributed by atoms with van der Waals surface area (Å²) in [7, 11) is 0. The minimum Gasteiger partial charge on any atom is -0.406 e. The lowest BCUT2D eigenvalue weighted by molar-refractivity contribution is -0.274. The Morgan fingerprint density at radius 1 is 0.975 bits per heavy atom. The van der Waals surface area contributed by atoms with E-state index in [1.165, 1.54) is 59.4 Å². The van der Waals surface area contributed by atoms with Crippen LogP contribution in [0.4, 0.5) is 18.9 Å². The zero-order valence-corrected chi connectivity index (χ0v) is 22.1. The van der Waals surface area contributed by atoms with Gasteiger partial charge in [0.2, 0.25) is 0 Å². The summed E-state index contributed by atoms with van der Waals surface area (Å²) < 4.78 is 42.6. The van der Waals surface area contributed by atoms with E-state index < -0.39 is 6.36 Å². The first-order valence-electron chi connectivity index (χ1n) is 12.9. The highest BCUT2D eigenvalue weighted by molar-refractivity contribution is 8.14. The third-order valence-electron chi connectivity index (χ3n) is 6.58. The standard InChI is InChI=1S/C29H25F3N6OS/c30-29(31,32)39-24-14-12-23(13-15-24)38-19-33-27(36-38)22-8-6-20(7-9-22)18-34-35-28-37(16-3-17-40-28)26-5-2-1-4-25(26)21-10-11-21/h1-2,4-9,12-15,18-19,21H,3,10-11,16-17H2. The third kappa shape index (κ3) is 6.20. The van der Waals surface area contributed by atoms with Crippen LogP contribution in [-0.4, -0.2) is 44.8 Å². The van der Waals surface area contributed by atoms with Gasteiger partial charge in [-0.15, -0.1) is 23.4 Å². The van der Waals surface area contributed by atoms with E-state index in [0.29, 0.717) is 17.4 Å². The first-order valence-corrected chi connectivity index (χ1v) is 13.9. The van der Waals surface area contributed by atoms with Crippen molar-refractivity contribution in [2.45, 2.75) is 31.5 Å². The number of hydrogen-bond acceptors (Lipinski definition) is 6. The van der Waals surface area contributed by atoms with Crippen LogP contribution < -0.4 is 9.64 Å². The molecule has 0 amide bonds. The van der Waals surface area contributed by atoms with Gasteiger partial charge in [0.1, 0.15) is 12.1 Å². The Balaban J connectivity index is 1.13. The molecule has 0 N–H and O–H groups in total. The molecule has 0 bridgehead atoms. The maximum atomic E-state index is 12.4. The van der Waals surface area contributed by atoms with Crippen molar-refractivity contribution in [2.24, 2.45) is 10.2 Å². The Morgan fingerprint density at radius 3 is 2.50 bits per heavy atom. The van der Waals surface area contributed by atoms with Gasteiger partial charge in [0, 0.05) is 23.5 Å². The van der Waals surface area contributed by atoms with Crippen LogP contribution in [0.2, 0.25) is 0 Å². The fourth-order valence-electron chi connectivity index (χ4n) is 4.52. The van der Waals surface area contributed by atoms with Gasteiger partial charge in [-0.1, -0.05) is 54.2 Å². The molecule has 1 saturated carbocycles. The lowest BCUT2D eigenvalue weighted by atomic mass is 10.1. The fourth-order valence-corrected chi connectivity index (χ4v) is 5.43. The highest BCUT2D eigenvalue weighted by atomic mass is 32.2. The summed E-state index contributed by atoms with van der Waals surface area (Å²) in [5, 5.41) is 14.3. The maximum Gasteiger partial charge on any atom is 0.573 e. The Kier molecular flexibility index (Phi) is 7.29. The van der Waals surface area contributed by atoms with Crippen molar-refractivity contribution in [3.05, 3.63) is 90.3 Å². The Hall–Kier alpha value is -4.12. The molecule has 0 spiro atoms. The number of thioether (sulfide) groups is 1. The molecule has 2 aliphatic rings. The molecule has 11 heteroatoms. The van der Waals surface area contributed by atoms with Gasteiger partial charge in [0.15, 0.2) is 11.0 Å². The van der Waals surface area contributed by atoms with E-state index >= 15 is 0 Å². The molecule has 6 rings (SSSR count). The average Bonchev–Trinajstić information content (AvgIpc) is 3.69. The molecule has 7 nitrogen and oxygen atoms in total. The number of alkyl halides is 3. The second-order valence-corrected chi connectivity index (χ2v) is 10.6. The number of halogens is 3. The number of rotatable bonds is 7. The van der Waals surface area contributed by atoms with Crippen molar-refractivity contribution >= 4 is 28.8 Å². The highest BCUT2D eigenvalue weighted by Gasteiger charge is 2.31. The summed E-state index contributed by atoms with van der Waals surface area (Å²) >= 11 is 1.73. The molecule has 0 atom stereocenters. The SMILES string of the molecule is FC(F)(F)Oc1ccc(-n2cnc(-c3ccc(C=NN=C4SCCCN4c4ccccc4C4CC4)cc3)n2)cc1. The van der Waals surface area contributed by atoms with Crippen LogP contribution in [0.15, 0.2) is 89.3 Å². The minimum absolute atomic E-state index is 0.295. The van der Waals surface area contributed by atoms with Crippen LogP contribution >= 0.6 is 11.8 Å². The Labute approximate surface area is 233 Å². The lowest BCUT2D eigenvalue weighted by Crippen LogP contribution is -2.34. The largest absolute Gasteiger partial charge is 0.573 e. The van der Waals surface area contributed by atoms with Crippen molar-refractivity contribution in [1.29, 1.82) is 0 Å². The van der Waals surface area contributed by atoms with Gasteiger partial charge in [-0.05, 0) is 66.6 Å².